The van der Waals surface area contributed by atoms with Crippen LogP contribution in [-0.4, -0.2) is 24.2 Å². The van der Waals surface area contributed by atoms with Gasteiger partial charge in [0.1, 0.15) is 6.04 Å². The van der Waals surface area contributed by atoms with Crippen molar-refractivity contribution in [3.05, 3.63) is 47.7 Å². The van der Waals surface area contributed by atoms with E-state index in [-0.39, 0.29) is 52.8 Å². The van der Waals surface area contributed by atoms with Crippen LogP contribution >= 0.6 is 0 Å². The zero-order valence-electron chi connectivity index (χ0n) is 12.2. The van der Waals surface area contributed by atoms with Crippen molar-refractivity contribution in [2.75, 3.05) is 7.11 Å². The second-order valence-corrected chi connectivity index (χ2v) is 3.68. The fraction of sp³-hybridized carbons (Fsp3) is 0.231. The van der Waals surface area contributed by atoms with Crippen LogP contribution in [0.5, 0.6) is 0 Å². The molecule has 0 amide bonds. The first-order valence-corrected chi connectivity index (χ1v) is 5.35. The number of rotatable bonds is 5. The van der Waals surface area contributed by atoms with Gasteiger partial charge in [0.05, 0.1) is 7.11 Å². The largest absolute Gasteiger partial charge is 1.00 e. The summed E-state index contributed by atoms with van der Waals surface area (Å²) >= 11 is 0. The average Bonchev–Trinajstić information content (AvgIpc) is 2.36. The molecule has 0 heterocycles. The molecule has 1 aromatic rings. The van der Waals surface area contributed by atoms with Crippen LogP contribution in [0.2, 0.25) is 0 Å². The maximum atomic E-state index is 11.2. The van der Waals surface area contributed by atoms with Gasteiger partial charge in [-0.25, -0.2) is 9.59 Å². The average molecular weight is 289 g/mol. The number of nitrogens with one attached hydrogen (secondary N) is 1. The second-order valence-electron chi connectivity index (χ2n) is 3.68. The number of hydrogen-bond acceptors (Lipinski definition) is 4. The van der Waals surface area contributed by atoms with Crippen molar-refractivity contribution in [2.45, 2.75) is 13.0 Å². The Balaban J connectivity index is 0. The van der Waals surface area contributed by atoms with Gasteiger partial charge in [0.15, 0.2) is 0 Å². The number of aliphatic carboxylic acids is 1. The first-order chi connectivity index (χ1) is 8.54. The molecule has 19 heavy (non-hydrogen) atoms. The standard InChI is InChI=1S/C13H15NO4.K.H/c1-9(8-11(15)18-2)14-12(13(16)17)10-6-4-3-5-7-10;;/h3-8,12,14H,1-2H3,(H,16,17);;/q;+1;-1. The minimum atomic E-state index is -1.01. The number of benzene rings is 1. The van der Waals surface area contributed by atoms with Gasteiger partial charge < -0.3 is 16.6 Å². The fourth-order valence-corrected chi connectivity index (χ4v) is 1.44. The number of allylic oxidation sites excluding steroid dienone is 1. The Kier molecular flexibility index (Phi) is 8.95. The second kappa shape index (κ2) is 9.27. The van der Waals surface area contributed by atoms with Gasteiger partial charge in [-0.05, 0) is 12.5 Å². The van der Waals surface area contributed by atoms with Crippen molar-refractivity contribution in [3.63, 3.8) is 0 Å². The van der Waals surface area contributed by atoms with Gasteiger partial charge in [0.25, 0.3) is 0 Å². The van der Waals surface area contributed by atoms with Crippen LogP contribution in [0.1, 0.15) is 20.0 Å². The topological polar surface area (TPSA) is 75.6 Å². The maximum Gasteiger partial charge on any atom is 1.00 e. The van der Waals surface area contributed by atoms with E-state index in [9.17, 15) is 9.59 Å². The monoisotopic (exact) mass is 289 g/mol. The first-order valence-electron chi connectivity index (χ1n) is 5.35. The molecule has 6 heteroatoms. The zero-order valence-corrected chi connectivity index (χ0v) is 14.3. The zero-order chi connectivity index (χ0) is 13.5. The van der Waals surface area contributed by atoms with Gasteiger partial charge in [0.2, 0.25) is 0 Å². The van der Waals surface area contributed by atoms with Crippen LogP contribution in [-0.2, 0) is 14.3 Å². The van der Waals surface area contributed by atoms with E-state index in [1.807, 2.05) is 0 Å². The van der Waals surface area contributed by atoms with Gasteiger partial charge in [0, 0.05) is 11.8 Å². The van der Waals surface area contributed by atoms with Crippen molar-refractivity contribution >= 4 is 11.9 Å². The molecule has 0 saturated heterocycles. The first kappa shape index (κ1) is 18.3. The van der Waals surface area contributed by atoms with Crippen molar-refractivity contribution in [2.24, 2.45) is 0 Å². The summed E-state index contributed by atoms with van der Waals surface area (Å²) in [7, 11) is 1.26. The molecule has 98 valence electrons. The summed E-state index contributed by atoms with van der Waals surface area (Å²) in [6, 6.07) is 7.83. The molecule has 1 rings (SSSR count). The minimum absolute atomic E-state index is 0. The van der Waals surface area contributed by atoms with E-state index in [4.69, 9.17) is 5.11 Å². The Morgan fingerprint density at radius 3 is 2.42 bits per heavy atom. The van der Waals surface area contributed by atoms with Gasteiger partial charge in [-0.1, -0.05) is 30.3 Å². The molecule has 0 radical (unpaired) electrons. The molecule has 2 N–H and O–H groups in total. The maximum absolute atomic E-state index is 11.2. The number of methoxy groups -OCH3 is 1. The number of esters is 1. The predicted octanol–water partition coefficient (Wildman–Crippen LogP) is -1.40. The van der Waals surface area contributed by atoms with Crippen LogP contribution in [0.4, 0.5) is 0 Å². The summed E-state index contributed by atoms with van der Waals surface area (Å²) in [5.41, 5.74) is 1.04. The Morgan fingerprint density at radius 2 is 1.95 bits per heavy atom. The minimum Gasteiger partial charge on any atom is -1.00 e. The number of ether oxygens (including phenoxy) is 1. The van der Waals surface area contributed by atoms with E-state index < -0.39 is 18.0 Å². The van der Waals surface area contributed by atoms with Crippen LogP contribution < -0.4 is 56.7 Å². The molecule has 0 aliphatic heterocycles. The Labute approximate surface area is 155 Å². The van der Waals surface area contributed by atoms with E-state index in [0.717, 1.165) is 0 Å². The summed E-state index contributed by atoms with van der Waals surface area (Å²) in [6.07, 6.45) is 1.21. The Hall–Kier alpha value is -0.664. The number of hydrogen-bond donors (Lipinski definition) is 2. The molecule has 0 aromatic heterocycles. The van der Waals surface area contributed by atoms with Crippen molar-refractivity contribution in [1.29, 1.82) is 0 Å². The van der Waals surface area contributed by atoms with E-state index in [2.05, 4.69) is 10.1 Å². The van der Waals surface area contributed by atoms with Crippen molar-refractivity contribution < 1.29 is 72.2 Å². The van der Waals surface area contributed by atoms with E-state index in [0.29, 0.717) is 11.3 Å². The summed E-state index contributed by atoms with van der Waals surface area (Å²) in [5.74, 6) is -1.55. The van der Waals surface area contributed by atoms with Gasteiger partial charge in [-0.3, -0.25) is 0 Å². The molecule has 0 saturated carbocycles. The molecular formula is C13H16KNO4. The van der Waals surface area contributed by atoms with Crippen LogP contribution in [0.15, 0.2) is 42.1 Å². The molecule has 5 nitrogen and oxygen atoms in total. The normalized spacial score (nSPS) is 12.0. The Morgan fingerprint density at radius 1 is 1.37 bits per heavy atom. The third-order valence-corrected chi connectivity index (χ3v) is 2.29. The van der Waals surface area contributed by atoms with Crippen molar-refractivity contribution in [3.8, 4) is 0 Å². The molecular weight excluding hydrogens is 273 g/mol. The van der Waals surface area contributed by atoms with E-state index >= 15 is 0 Å². The third kappa shape index (κ3) is 6.35. The molecule has 0 aliphatic carbocycles. The molecule has 0 aliphatic rings. The third-order valence-electron chi connectivity index (χ3n) is 2.29. The van der Waals surface area contributed by atoms with Gasteiger partial charge in [-0.2, -0.15) is 0 Å². The van der Waals surface area contributed by atoms with Crippen molar-refractivity contribution in [1.82, 2.24) is 5.32 Å². The Bertz CT molecular complexity index is 465. The van der Waals surface area contributed by atoms with Gasteiger partial charge in [-0.15, -0.1) is 0 Å². The molecule has 1 atom stereocenters. The van der Waals surface area contributed by atoms with Crippen LogP contribution in [0, 0.1) is 0 Å². The summed E-state index contributed by atoms with van der Waals surface area (Å²) in [5, 5.41) is 11.9. The quantitative estimate of drug-likeness (QED) is 0.396. The number of carbonyl (C=O) groups excluding carboxylic acids is 1. The van der Waals surface area contributed by atoms with Crippen LogP contribution in [0.3, 0.4) is 0 Å². The summed E-state index contributed by atoms with van der Waals surface area (Å²) in [6.45, 7) is 1.61. The molecule has 0 fully saturated rings. The molecule has 0 bridgehead atoms. The number of carboxylic acid groups (broad SMARTS) is 1. The SMILES string of the molecule is COC(=O)C=C(C)NC(C(=O)O)c1ccccc1.[H-].[K+]. The molecule has 1 aromatic carbocycles. The van der Waals surface area contributed by atoms with E-state index in [1.54, 1.807) is 37.3 Å². The summed E-state index contributed by atoms with van der Waals surface area (Å²) in [4.78, 5) is 22.2. The molecule has 0 spiro atoms. The molecule has 1 unspecified atom stereocenters. The number of carbonyl (C=O) groups is 2. The van der Waals surface area contributed by atoms with E-state index in [1.165, 1.54) is 13.2 Å². The smallest absolute Gasteiger partial charge is 1.00 e. The fourth-order valence-electron chi connectivity index (χ4n) is 1.44. The van der Waals surface area contributed by atoms with Gasteiger partial charge >= 0.3 is 63.3 Å². The predicted molar refractivity (Wildman–Crippen MR) is 66.8 cm³/mol. The number of carboxylic acids is 1. The summed E-state index contributed by atoms with van der Waals surface area (Å²) < 4.78 is 4.47. The van der Waals surface area contributed by atoms with Crippen LogP contribution in [0.25, 0.3) is 0 Å².